The van der Waals surface area contributed by atoms with E-state index < -0.39 is 17.9 Å². The summed E-state index contributed by atoms with van der Waals surface area (Å²) in [5, 5.41) is 20.1. The molecule has 0 fully saturated rings. The largest absolute Gasteiger partial charge is 0.480 e. The third kappa shape index (κ3) is 3.59. The van der Waals surface area contributed by atoms with Crippen molar-refractivity contribution in [1.82, 2.24) is 5.32 Å². The first kappa shape index (κ1) is 13.7. The molecule has 18 heavy (non-hydrogen) atoms. The van der Waals surface area contributed by atoms with Crippen molar-refractivity contribution in [3.8, 4) is 6.07 Å². The maximum absolute atomic E-state index is 11.8. The van der Waals surface area contributed by atoms with Gasteiger partial charge in [-0.05, 0) is 24.6 Å². The third-order valence-corrected chi connectivity index (χ3v) is 2.43. The number of aliphatic carboxylic acids is 1. The zero-order chi connectivity index (χ0) is 13.5. The molecule has 0 radical (unpaired) electrons. The van der Waals surface area contributed by atoms with Crippen LogP contribution in [0.1, 0.15) is 35.7 Å². The lowest BCUT2D eigenvalue weighted by molar-refractivity contribution is -0.139. The van der Waals surface area contributed by atoms with Crippen LogP contribution in [-0.4, -0.2) is 23.0 Å². The van der Waals surface area contributed by atoms with Gasteiger partial charge in [0.25, 0.3) is 5.91 Å². The fourth-order valence-electron chi connectivity index (χ4n) is 1.52. The monoisotopic (exact) mass is 246 g/mol. The number of carboxylic acids is 1. The number of rotatable bonds is 5. The first-order chi connectivity index (χ1) is 8.58. The zero-order valence-corrected chi connectivity index (χ0v) is 10.0. The minimum atomic E-state index is -1.05. The zero-order valence-electron chi connectivity index (χ0n) is 10.0. The number of carbonyl (C=O) groups is 2. The summed E-state index contributed by atoms with van der Waals surface area (Å²) in [5.74, 6) is -1.53. The number of nitriles is 1. The van der Waals surface area contributed by atoms with E-state index in [4.69, 9.17) is 10.4 Å². The summed E-state index contributed by atoms with van der Waals surface area (Å²) >= 11 is 0. The molecule has 0 aliphatic carbocycles. The van der Waals surface area contributed by atoms with Crippen LogP contribution in [0.25, 0.3) is 0 Å². The number of hydrogen-bond acceptors (Lipinski definition) is 3. The average molecular weight is 246 g/mol. The summed E-state index contributed by atoms with van der Waals surface area (Å²) in [5.41, 5.74) is 0.654. The summed E-state index contributed by atoms with van der Waals surface area (Å²) in [6.45, 7) is 1.85. The van der Waals surface area contributed by atoms with Crippen LogP contribution in [0.3, 0.4) is 0 Å². The van der Waals surface area contributed by atoms with Gasteiger partial charge in [0.1, 0.15) is 6.04 Å². The molecule has 0 saturated carbocycles. The van der Waals surface area contributed by atoms with Crippen molar-refractivity contribution in [1.29, 1.82) is 5.26 Å². The summed E-state index contributed by atoms with van der Waals surface area (Å²) in [4.78, 5) is 22.7. The Bertz CT molecular complexity index is 491. The Kier molecular flexibility index (Phi) is 4.88. The Morgan fingerprint density at radius 3 is 2.78 bits per heavy atom. The molecule has 1 amide bonds. The molecule has 1 aromatic carbocycles. The number of nitrogens with one attached hydrogen (secondary N) is 1. The smallest absolute Gasteiger partial charge is 0.326 e. The average Bonchev–Trinajstić information content (AvgIpc) is 2.38. The SMILES string of the molecule is CCC[C@H](NC(=O)c1cccc(C#N)c1)C(=O)O. The molecule has 0 aliphatic heterocycles. The van der Waals surface area contributed by atoms with E-state index in [0.717, 1.165) is 0 Å². The van der Waals surface area contributed by atoms with Crippen molar-refractivity contribution in [2.24, 2.45) is 0 Å². The van der Waals surface area contributed by atoms with E-state index in [2.05, 4.69) is 5.32 Å². The number of hydrogen-bond donors (Lipinski definition) is 2. The lowest BCUT2D eigenvalue weighted by atomic mass is 10.1. The summed E-state index contributed by atoms with van der Waals surface area (Å²) in [6, 6.07) is 7.17. The van der Waals surface area contributed by atoms with Crippen LogP contribution in [0.4, 0.5) is 0 Å². The van der Waals surface area contributed by atoms with Crippen LogP contribution in [0.2, 0.25) is 0 Å². The number of amides is 1. The molecule has 0 saturated heterocycles. The predicted octanol–water partition coefficient (Wildman–Crippen LogP) is 1.54. The minimum absolute atomic E-state index is 0.288. The molecule has 0 unspecified atom stereocenters. The van der Waals surface area contributed by atoms with Crippen LogP contribution in [-0.2, 0) is 4.79 Å². The number of nitrogens with zero attached hydrogens (tertiary/aromatic N) is 1. The topological polar surface area (TPSA) is 90.2 Å². The second-order valence-electron chi connectivity index (χ2n) is 3.85. The van der Waals surface area contributed by atoms with Crippen LogP contribution in [0.5, 0.6) is 0 Å². The third-order valence-electron chi connectivity index (χ3n) is 2.43. The molecule has 94 valence electrons. The van der Waals surface area contributed by atoms with Gasteiger partial charge in [-0.15, -0.1) is 0 Å². The molecule has 1 atom stereocenters. The van der Waals surface area contributed by atoms with Crippen molar-refractivity contribution in [2.75, 3.05) is 0 Å². The van der Waals surface area contributed by atoms with Crippen molar-refractivity contribution in [3.63, 3.8) is 0 Å². The maximum atomic E-state index is 11.8. The number of benzene rings is 1. The molecule has 1 rings (SSSR count). The summed E-state index contributed by atoms with van der Waals surface area (Å²) < 4.78 is 0. The standard InChI is InChI=1S/C13H14N2O3/c1-2-4-11(13(17)18)15-12(16)10-6-3-5-9(7-10)8-14/h3,5-7,11H,2,4H2,1H3,(H,15,16)(H,17,18)/t11-/m0/s1. The Hall–Kier alpha value is -2.35. The van der Waals surface area contributed by atoms with Crippen molar-refractivity contribution < 1.29 is 14.7 Å². The van der Waals surface area contributed by atoms with Crippen LogP contribution < -0.4 is 5.32 Å². The Balaban J connectivity index is 2.80. The van der Waals surface area contributed by atoms with E-state index in [0.29, 0.717) is 18.4 Å². The van der Waals surface area contributed by atoms with Crippen molar-refractivity contribution >= 4 is 11.9 Å². The molecular weight excluding hydrogens is 232 g/mol. The van der Waals surface area contributed by atoms with Gasteiger partial charge in [0.05, 0.1) is 11.6 Å². The lowest BCUT2D eigenvalue weighted by Gasteiger charge is -2.13. The van der Waals surface area contributed by atoms with Gasteiger partial charge >= 0.3 is 5.97 Å². The summed E-state index contributed by atoms with van der Waals surface area (Å²) in [6.07, 6.45) is 1.04. The molecule has 0 heterocycles. The van der Waals surface area contributed by atoms with Gasteiger partial charge in [-0.2, -0.15) is 5.26 Å². The van der Waals surface area contributed by atoms with Crippen LogP contribution in [0.15, 0.2) is 24.3 Å². The van der Waals surface area contributed by atoms with Crippen LogP contribution >= 0.6 is 0 Å². The van der Waals surface area contributed by atoms with Gasteiger partial charge in [0, 0.05) is 5.56 Å². The van der Waals surface area contributed by atoms with E-state index >= 15 is 0 Å². The number of carbonyl (C=O) groups excluding carboxylic acids is 1. The Morgan fingerprint density at radius 1 is 1.50 bits per heavy atom. The molecule has 2 N–H and O–H groups in total. The number of carboxylic acid groups (broad SMARTS) is 1. The first-order valence-electron chi connectivity index (χ1n) is 5.62. The molecule has 0 aliphatic rings. The fourth-order valence-corrected chi connectivity index (χ4v) is 1.52. The van der Waals surface area contributed by atoms with E-state index in [1.807, 2.05) is 13.0 Å². The normalized spacial score (nSPS) is 11.3. The second kappa shape index (κ2) is 6.40. The molecule has 5 heteroatoms. The van der Waals surface area contributed by atoms with Gasteiger partial charge in [-0.25, -0.2) is 4.79 Å². The fraction of sp³-hybridized carbons (Fsp3) is 0.308. The van der Waals surface area contributed by atoms with E-state index in [1.54, 1.807) is 18.2 Å². The molecular formula is C13H14N2O3. The maximum Gasteiger partial charge on any atom is 0.326 e. The summed E-state index contributed by atoms with van der Waals surface area (Å²) in [7, 11) is 0. The quantitative estimate of drug-likeness (QED) is 0.824. The molecule has 1 aromatic rings. The van der Waals surface area contributed by atoms with Crippen molar-refractivity contribution in [2.45, 2.75) is 25.8 Å². The van der Waals surface area contributed by atoms with Crippen LogP contribution in [0, 0.1) is 11.3 Å². The minimum Gasteiger partial charge on any atom is -0.480 e. The van der Waals surface area contributed by atoms with E-state index in [1.165, 1.54) is 6.07 Å². The molecule has 0 spiro atoms. The first-order valence-corrected chi connectivity index (χ1v) is 5.62. The second-order valence-corrected chi connectivity index (χ2v) is 3.85. The van der Waals surface area contributed by atoms with Gasteiger partial charge in [0.2, 0.25) is 0 Å². The predicted molar refractivity (Wildman–Crippen MR) is 65.0 cm³/mol. The van der Waals surface area contributed by atoms with Gasteiger partial charge in [0.15, 0.2) is 0 Å². The van der Waals surface area contributed by atoms with Crippen molar-refractivity contribution in [3.05, 3.63) is 35.4 Å². The van der Waals surface area contributed by atoms with Gasteiger partial charge in [-0.3, -0.25) is 4.79 Å². The molecule has 0 bridgehead atoms. The highest BCUT2D eigenvalue weighted by atomic mass is 16.4. The van der Waals surface area contributed by atoms with Gasteiger partial charge in [-0.1, -0.05) is 19.4 Å². The highest BCUT2D eigenvalue weighted by Crippen LogP contribution is 2.05. The molecule has 0 aromatic heterocycles. The Morgan fingerprint density at radius 2 is 2.22 bits per heavy atom. The molecule has 5 nitrogen and oxygen atoms in total. The highest BCUT2D eigenvalue weighted by molar-refractivity contribution is 5.96. The highest BCUT2D eigenvalue weighted by Gasteiger charge is 2.19. The van der Waals surface area contributed by atoms with E-state index in [9.17, 15) is 9.59 Å². The lowest BCUT2D eigenvalue weighted by Crippen LogP contribution is -2.40. The van der Waals surface area contributed by atoms with E-state index in [-0.39, 0.29) is 5.56 Å². The van der Waals surface area contributed by atoms with Gasteiger partial charge < -0.3 is 10.4 Å². The Labute approximate surface area is 105 Å².